The lowest BCUT2D eigenvalue weighted by Gasteiger charge is -1.91. The third-order valence-electron chi connectivity index (χ3n) is 1.08. The smallest absolute Gasteiger partial charge is 0.154 e. The van der Waals surface area contributed by atoms with Gasteiger partial charge in [0.2, 0.25) is 0 Å². The zero-order chi connectivity index (χ0) is 8.27. The molecule has 0 aromatic carbocycles. The molecule has 0 aliphatic carbocycles. The van der Waals surface area contributed by atoms with Crippen LogP contribution in [0, 0.1) is 22.7 Å². The average Bonchev–Trinajstić information content (AvgIpc) is 2.04. The summed E-state index contributed by atoms with van der Waals surface area (Å²) in [4.78, 5) is 3.74. The molecule has 1 aromatic heterocycles. The van der Waals surface area contributed by atoms with Gasteiger partial charge in [0.15, 0.2) is 5.69 Å². The molecule has 0 spiro atoms. The number of aromatic nitrogens is 1. The van der Waals surface area contributed by atoms with Crippen LogP contribution in [0.3, 0.4) is 0 Å². The minimum Gasteiger partial charge on any atom is -0.243 e. The van der Waals surface area contributed by atoms with Gasteiger partial charge in [0.1, 0.15) is 12.1 Å². The molecule has 52 valence electrons. The lowest BCUT2D eigenvalue weighted by atomic mass is 10.3. The van der Waals surface area contributed by atoms with Gasteiger partial charge in [-0.05, 0) is 22.0 Å². The molecule has 0 amide bonds. The first-order valence-electron chi connectivity index (χ1n) is 2.73. The Bertz CT molecular complexity index is 359. The largest absolute Gasteiger partial charge is 0.243 e. The van der Waals surface area contributed by atoms with Crippen molar-refractivity contribution in [2.45, 2.75) is 0 Å². The molecular weight excluding hydrogens is 206 g/mol. The molecule has 0 atom stereocenters. The fourth-order valence-electron chi connectivity index (χ4n) is 0.581. The van der Waals surface area contributed by atoms with E-state index in [1.807, 2.05) is 12.1 Å². The second kappa shape index (κ2) is 3.14. The van der Waals surface area contributed by atoms with Crippen molar-refractivity contribution in [2.75, 3.05) is 0 Å². The molecule has 0 radical (unpaired) electrons. The van der Waals surface area contributed by atoms with Gasteiger partial charge >= 0.3 is 0 Å². The summed E-state index contributed by atoms with van der Waals surface area (Å²) < 4.78 is 0.555. The Labute approximate surface area is 72.0 Å². The monoisotopic (exact) mass is 207 g/mol. The number of nitrogens with zero attached hydrogens (tertiary/aromatic N) is 3. The Morgan fingerprint density at radius 1 is 1.36 bits per heavy atom. The zero-order valence-electron chi connectivity index (χ0n) is 5.37. The zero-order valence-corrected chi connectivity index (χ0v) is 6.96. The number of hydrogen-bond acceptors (Lipinski definition) is 3. The molecule has 11 heavy (non-hydrogen) atoms. The minimum atomic E-state index is 0.295. The van der Waals surface area contributed by atoms with Crippen LogP contribution in [0.2, 0.25) is 0 Å². The predicted octanol–water partition coefficient (Wildman–Crippen LogP) is 1.59. The highest BCUT2D eigenvalue weighted by atomic mass is 79.9. The van der Waals surface area contributed by atoms with Crippen LogP contribution < -0.4 is 0 Å². The van der Waals surface area contributed by atoms with E-state index in [1.54, 1.807) is 6.07 Å². The molecule has 1 aromatic rings. The van der Waals surface area contributed by atoms with Crippen LogP contribution in [-0.4, -0.2) is 4.98 Å². The predicted molar refractivity (Wildman–Crippen MR) is 41.4 cm³/mol. The summed E-state index contributed by atoms with van der Waals surface area (Å²) in [5, 5.41) is 16.9. The lowest BCUT2D eigenvalue weighted by Crippen LogP contribution is -1.85. The maximum atomic E-state index is 8.46. The fourth-order valence-corrected chi connectivity index (χ4v) is 1.02. The molecule has 0 N–H and O–H groups in total. The molecule has 0 fully saturated rings. The van der Waals surface area contributed by atoms with Gasteiger partial charge in [-0.25, -0.2) is 4.98 Å². The first-order valence-corrected chi connectivity index (χ1v) is 3.53. The lowest BCUT2D eigenvalue weighted by molar-refractivity contribution is 1.23. The summed E-state index contributed by atoms with van der Waals surface area (Å²) in [6, 6.07) is 5.36. The van der Waals surface area contributed by atoms with Crippen LogP contribution in [-0.2, 0) is 0 Å². The molecule has 0 bridgehead atoms. The van der Waals surface area contributed by atoms with E-state index in [4.69, 9.17) is 10.5 Å². The van der Waals surface area contributed by atoms with E-state index < -0.39 is 0 Å². The van der Waals surface area contributed by atoms with Crippen molar-refractivity contribution >= 4 is 15.9 Å². The summed E-state index contributed by atoms with van der Waals surface area (Å²) >= 11 is 3.11. The van der Waals surface area contributed by atoms with Crippen molar-refractivity contribution in [1.82, 2.24) is 4.98 Å². The molecule has 1 rings (SSSR count). The van der Waals surface area contributed by atoms with E-state index in [0.29, 0.717) is 15.7 Å². The summed E-state index contributed by atoms with van der Waals surface area (Å²) in [5.41, 5.74) is 0.736. The van der Waals surface area contributed by atoms with Crippen LogP contribution >= 0.6 is 15.9 Å². The van der Waals surface area contributed by atoms with E-state index >= 15 is 0 Å². The number of halogens is 1. The summed E-state index contributed by atoms with van der Waals surface area (Å²) in [5.74, 6) is 0. The second-order valence-electron chi connectivity index (χ2n) is 1.78. The summed E-state index contributed by atoms with van der Waals surface area (Å²) in [6.07, 6.45) is 1.36. The molecule has 1 heterocycles. The molecule has 0 aliphatic heterocycles. The molecule has 3 nitrogen and oxygen atoms in total. The van der Waals surface area contributed by atoms with E-state index in [9.17, 15) is 0 Å². The number of nitriles is 2. The van der Waals surface area contributed by atoms with Gasteiger partial charge in [-0.2, -0.15) is 10.5 Å². The van der Waals surface area contributed by atoms with Crippen molar-refractivity contribution < 1.29 is 0 Å². The number of pyridine rings is 1. The third-order valence-corrected chi connectivity index (χ3v) is 1.68. The number of hydrogen-bond donors (Lipinski definition) is 0. The summed E-state index contributed by atoms with van der Waals surface area (Å²) in [6.45, 7) is 0. The quantitative estimate of drug-likeness (QED) is 0.650. The Morgan fingerprint density at radius 3 is 2.55 bits per heavy atom. The van der Waals surface area contributed by atoms with Crippen LogP contribution in [0.4, 0.5) is 0 Å². The van der Waals surface area contributed by atoms with Gasteiger partial charge in [0, 0.05) is 6.20 Å². The molecule has 0 saturated heterocycles. The normalized spacial score (nSPS) is 8.27. The van der Waals surface area contributed by atoms with Crippen molar-refractivity contribution in [3.63, 3.8) is 0 Å². The third kappa shape index (κ3) is 1.54. The highest BCUT2D eigenvalue weighted by Gasteiger charge is 2.00. The van der Waals surface area contributed by atoms with E-state index in [0.717, 1.165) is 0 Å². The Kier molecular flexibility index (Phi) is 2.20. The van der Waals surface area contributed by atoms with Crippen LogP contribution in [0.25, 0.3) is 0 Å². The van der Waals surface area contributed by atoms with E-state index in [-0.39, 0.29) is 0 Å². The Morgan fingerprint density at radius 2 is 2.09 bits per heavy atom. The van der Waals surface area contributed by atoms with Crippen molar-refractivity contribution in [3.05, 3.63) is 28.0 Å². The molecule has 0 unspecified atom stereocenters. The highest BCUT2D eigenvalue weighted by molar-refractivity contribution is 9.10. The van der Waals surface area contributed by atoms with Gasteiger partial charge in [0.05, 0.1) is 10.0 Å². The van der Waals surface area contributed by atoms with Crippen molar-refractivity contribution in [3.8, 4) is 12.1 Å². The Hall–Kier alpha value is -1.39. The fraction of sp³-hybridized carbons (Fsp3) is 0. The SMILES string of the molecule is N#Cc1cnc(C#N)c(Br)c1. The van der Waals surface area contributed by atoms with Gasteiger partial charge in [0.25, 0.3) is 0 Å². The van der Waals surface area contributed by atoms with Crippen molar-refractivity contribution in [1.29, 1.82) is 10.5 Å². The first-order chi connectivity index (χ1) is 5.27. The van der Waals surface area contributed by atoms with E-state index in [1.165, 1.54) is 6.20 Å². The highest BCUT2D eigenvalue weighted by Crippen LogP contribution is 2.14. The first kappa shape index (κ1) is 7.71. The van der Waals surface area contributed by atoms with Gasteiger partial charge < -0.3 is 0 Å². The molecule has 4 heteroatoms. The number of rotatable bonds is 0. The molecular formula is C7H2BrN3. The van der Waals surface area contributed by atoms with Gasteiger partial charge in [-0.1, -0.05) is 0 Å². The Balaban J connectivity index is 3.25. The summed E-state index contributed by atoms with van der Waals surface area (Å²) in [7, 11) is 0. The van der Waals surface area contributed by atoms with E-state index in [2.05, 4.69) is 20.9 Å². The maximum Gasteiger partial charge on any atom is 0.154 e. The van der Waals surface area contributed by atoms with Crippen molar-refractivity contribution in [2.24, 2.45) is 0 Å². The van der Waals surface area contributed by atoms with Gasteiger partial charge in [-0.3, -0.25) is 0 Å². The standard InChI is InChI=1S/C7H2BrN3/c8-6-1-5(2-9)4-11-7(6)3-10/h1,4H. The van der Waals surface area contributed by atoms with Crippen LogP contribution in [0.5, 0.6) is 0 Å². The maximum absolute atomic E-state index is 8.46. The topological polar surface area (TPSA) is 60.5 Å². The van der Waals surface area contributed by atoms with Crippen LogP contribution in [0.15, 0.2) is 16.7 Å². The molecule has 0 aliphatic rings. The minimum absolute atomic E-state index is 0.295. The average molecular weight is 208 g/mol. The van der Waals surface area contributed by atoms with Crippen LogP contribution in [0.1, 0.15) is 11.3 Å². The molecule has 0 saturated carbocycles. The van der Waals surface area contributed by atoms with Gasteiger partial charge in [-0.15, -0.1) is 0 Å². The second-order valence-corrected chi connectivity index (χ2v) is 2.63.